The van der Waals surface area contributed by atoms with Crippen molar-refractivity contribution in [3.8, 4) is 0 Å². The van der Waals surface area contributed by atoms with Gasteiger partial charge in [0.2, 0.25) is 0 Å². The predicted octanol–water partition coefficient (Wildman–Crippen LogP) is 6.62. The van der Waals surface area contributed by atoms with Crippen LogP contribution in [0.2, 0.25) is 0 Å². The van der Waals surface area contributed by atoms with Gasteiger partial charge in [-0.3, -0.25) is 14.4 Å². The molecular weight excluding hydrogens is 532 g/mol. The summed E-state index contributed by atoms with van der Waals surface area (Å²) in [5.74, 6) is 0.499. The number of nitrogens with zero attached hydrogens (tertiary/aromatic N) is 4. The zero-order valence-electron chi connectivity index (χ0n) is 26.0. The van der Waals surface area contributed by atoms with Crippen LogP contribution < -0.4 is 0 Å². The van der Waals surface area contributed by atoms with E-state index < -0.39 is 5.97 Å². The Morgan fingerprint density at radius 3 is 2.28 bits per heavy atom. The summed E-state index contributed by atoms with van der Waals surface area (Å²) in [4.78, 5) is 17.6. The fraction of sp³-hybridized carbons (Fsp3) is 0.568. The van der Waals surface area contributed by atoms with Crippen LogP contribution in [0, 0.1) is 11.8 Å². The highest BCUT2D eigenvalue weighted by atomic mass is 16.4. The monoisotopic (exact) mass is 582 g/mol. The molecule has 1 aliphatic carbocycles. The van der Waals surface area contributed by atoms with Crippen LogP contribution in [-0.4, -0.2) is 69.4 Å². The van der Waals surface area contributed by atoms with E-state index in [1.165, 1.54) is 41.8 Å². The first kappa shape index (κ1) is 30.1. The van der Waals surface area contributed by atoms with Gasteiger partial charge in [0.25, 0.3) is 0 Å². The normalized spacial score (nSPS) is 23.5. The minimum atomic E-state index is -0.617. The molecule has 43 heavy (non-hydrogen) atoms. The summed E-state index contributed by atoms with van der Waals surface area (Å²) in [6.45, 7) is 7.14. The summed E-state index contributed by atoms with van der Waals surface area (Å²) in [5, 5.41) is 15.4. The lowest BCUT2D eigenvalue weighted by Gasteiger charge is -2.36. The molecule has 3 aromatic rings. The van der Waals surface area contributed by atoms with Gasteiger partial charge in [0.05, 0.1) is 11.7 Å². The van der Waals surface area contributed by atoms with Gasteiger partial charge in [-0.2, -0.15) is 5.10 Å². The molecule has 3 aliphatic rings. The third-order valence-corrected chi connectivity index (χ3v) is 10.6. The molecular formula is C37H50N4O2. The Hall–Kier alpha value is -2.96. The molecule has 0 unspecified atom stereocenters. The van der Waals surface area contributed by atoms with E-state index in [2.05, 4.69) is 88.1 Å². The van der Waals surface area contributed by atoms with Crippen LogP contribution in [0.25, 0.3) is 0 Å². The molecule has 2 saturated heterocycles. The van der Waals surface area contributed by atoms with Crippen molar-refractivity contribution >= 4 is 5.97 Å². The van der Waals surface area contributed by atoms with Gasteiger partial charge in [0.1, 0.15) is 6.04 Å². The van der Waals surface area contributed by atoms with Gasteiger partial charge in [-0.05, 0) is 74.0 Å². The molecule has 6 heteroatoms. The summed E-state index contributed by atoms with van der Waals surface area (Å²) < 4.78 is 2.37. The van der Waals surface area contributed by atoms with Crippen molar-refractivity contribution in [2.75, 3.05) is 32.7 Å². The number of piperidine rings is 1. The Kier molecular flexibility index (Phi) is 9.95. The fourth-order valence-electron chi connectivity index (χ4n) is 8.26. The van der Waals surface area contributed by atoms with Crippen LogP contribution in [0.5, 0.6) is 0 Å². The molecule has 3 fully saturated rings. The number of carboxylic acids is 1. The Balaban J connectivity index is 1.11. The average Bonchev–Trinajstić information content (AvgIpc) is 3.66. The SMILES string of the molecule is CCc1cc(CCc2ccccc2)n(C2CCN(C[C@H]3CN([C@@H](C(=O)O)C4CCCCC4)C[C@@H]3c3ccccc3)CC2)n1. The van der Waals surface area contributed by atoms with Crippen LogP contribution in [-0.2, 0) is 24.1 Å². The number of likely N-dealkylation sites (tertiary alicyclic amines) is 2. The van der Waals surface area contributed by atoms with Crippen LogP contribution in [0.3, 0.4) is 0 Å². The fourth-order valence-corrected chi connectivity index (χ4v) is 8.26. The quantitative estimate of drug-likeness (QED) is 0.276. The third kappa shape index (κ3) is 7.24. The van der Waals surface area contributed by atoms with Crippen LogP contribution in [0.1, 0.15) is 86.3 Å². The number of aryl methyl sites for hydroxylation is 3. The first-order valence-electron chi connectivity index (χ1n) is 16.9. The topological polar surface area (TPSA) is 61.6 Å². The minimum Gasteiger partial charge on any atom is -0.480 e. The molecule has 2 aliphatic heterocycles. The zero-order chi connectivity index (χ0) is 29.6. The largest absolute Gasteiger partial charge is 0.480 e. The maximum atomic E-state index is 12.6. The summed E-state index contributed by atoms with van der Waals surface area (Å²) in [5.41, 5.74) is 5.32. The average molecular weight is 583 g/mol. The molecule has 0 radical (unpaired) electrons. The van der Waals surface area contributed by atoms with Crippen LogP contribution in [0.4, 0.5) is 0 Å². The molecule has 3 atom stereocenters. The third-order valence-electron chi connectivity index (χ3n) is 10.6. The number of carboxylic acid groups (broad SMARTS) is 1. The van der Waals surface area contributed by atoms with Gasteiger partial charge < -0.3 is 10.0 Å². The molecule has 3 heterocycles. The van der Waals surface area contributed by atoms with Crippen molar-refractivity contribution < 1.29 is 9.90 Å². The lowest BCUT2D eigenvalue weighted by molar-refractivity contribution is -0.145. The van der Waals surface area contributed by atoms with E-state index in [0.29, 0.717) is 17.9 Å². The molecule has 230 valence electrons. The van der Waals surface area contributed by atoms with Gasteiger partial charge in [0, 0.05) is 44.3 Å². The van der Waals surface area contributed by atoms with E-state index in [1.54, 1.807) is 0 Å². The smallest absolute Gasteiger partial charge is 0.321 e. The number of carbonyl (C=O) groups is 1. The Morgan fingerprint density at radius 2 is 1.60 bits per heavy atom. The highest BCUT2D eigenvalue weighted by molar-refractivity contribution is 5.74. The van der Waals surface area contributed by atoms with E-state index in [4.69, 9.17) is 5.10 Å². The van der Waals surface area contributed by atoms with Gasteiger partial charge in [-0.1, -0.05) is 86.8 Å². The van der Waals surface area contributed by atoms with Gasteiger partial charge in [0.15, 0.2) is 0 Å². The van der Waals surface area contributed by atoms with Crippen molar-refractivity contribution in [2.24, 2.45) is 11.8 Å². The maximum Gasteiger partial charge on any atom is 0.321 e. The molecule has 1 N–H and O–H groups in total. The lowest BCUT2D eigenvalue weighted by atomic mass is 9.83. The van der Waals surface area contributed by atoms with E-state index in [0.717, 1.165) is 77.7 Å². The molecule has 0 spiro atoms. The summed E-state index contributed by atoms with van der Waals surface area (Å²) in [6.07, 6.45) is 11.0. The van der Waals surface area contributed by atoms with Crippen LogP contribution >= 0.6 is 0 Å². The maximum absolute atomic E-state index is 12.6. The molecule has 0 amide bonds. The minimum absolute atomic E-state index is 0.287. The van der Waals surface area contributed by atoms with Crippen LogP contribution in [0.15, 0.2) is 66.7 Å². The van der Waals surface area contributed by atoms with Crippen molar-refractivity contribution in [3.05, 3.63) is 89.2 Å². The van der Waals surface area contributed by atoms with Gasteiger partial charge >= 0.3 is 5.97 Å². The van der Waals surface area contributed by atoms with Crippen molar-refractivity contribution in [3.63, 3.8) is 0 Å². The Bertz CT molecular complexity index is 1290. The van der Waals surface area contributed by atoms with Crippen molar-refractivity contribution in [1.29, 1.82) is 0 Å². The van der Waals surface area contributed by atoms with E-state index in [9.17, 15) is 9.90 Å². The molecule has 2 aromatic carbocycles. The Morgan fingerprint density at radius 1 is 0.907 bits per heavy atom. The number of rotatable bonds is 11. The highest BCUT2D eigenvalue weighted by Crippen LogP contribution is 2.39. The van der Waals surface area contributed by atoms with E-state index >= 15 is 0 Å². The molecule has 6 nitrogen and oxygen atoms in total. The van der Waals surface area contributed by atoms with Crippen molar-refractivity contribution in [2.45, 2.75) is 89.1 Å². The number of aliphatic carboxylic acids is 1. The number of benzene rings is 2. The van der Waals surface area contributed by atoms with E-state index in [1.807, 2.05) is 0 Å². The second kappa shape index (κ2) is 14.2. The molecule has 0 bridgehead atoms. The summed E-state index contributed by atoms with van der Waals surface area (Å²) >= 11 is 0. The molecule has 1 saturated carbocycles. The first-order valence-corrected chi connectivity index (χ1v) is 16.9. The van der Waals surface area contributed by atoms with Gasteiger partial charge in [-0.25, -0.2) is 0 Å². The lowest BCUT2D eigenvalue weighted by Crippen LogP contribution is -2.46. The predicted molar refractivity (Wildman–Crippen MR) is 172 cm³/mol. The number of aromatic nitrogens is 2. The second-order valence-corrected chi connectivity index (χ2v) is 13.4. The Labute approximate surface area is 258 Å². The summed E-state index contributed by atoms with van der Waals surface area (Å²) in [7, 11) is 0. The second-order valence-electron chi connectivity index (χ2n) is 13.4. The standard InChI is InChI=1S/C37H50N4O2/c1-2-32-24-34(19-18-28-12-6-3-7-13-28)41(38-32)33-20-22-39(23-21-33)25-31-26-40(27-35(31)29-14-8-4-9-15-29)36(37(42)43)30-16-10-5-11-17-30/h3-4,6-9,12-15,24,30-31,33,35-36H,2,5,10-11,16-23,25-27H2,1H3,(H,42,43)/t31-,35+,36+/m0/s1. The first-order chi connectivity index (χ1) is 21.1. The highest BCUT2D eigenvalue weighted by Gasteiger charge is 2.43. The zero-order valence-corrected chi connectivity index (χ0v) is 26.0. The van der Waals surface area contributed by atoms with Gasteiger partial charge in [-0.15, -0.1) is 0 Å². The van der Waals surface area contributed by atoms with E-state index in [-0.39, 0.29) is 12.0 Å². The van der Waals surface area contributed by atoms with Crippen molar-refractivity contribution in [1.82, 2.24) is 19.6 Å². The number of hydrogen-bond donors (Lipinski definition) is 1. The number of hydrogen-bond acceptors (Lipinski definition) is 4. The molecule has 1 aromatic heterocycles. The molecule has 6 rings (SSSR count). The summed E-state index contributed by atoms with van der Waals surface area (Å²) in [6, 6.07) is 24.1.